The number of nitrogens with zero attached hydrogens (tertiary/aromatic N) is 2. The van der Waals surface area contributed by atoms with Gasteiger partial charge in [0, 0.05) is 24.2 Å². The number of carbonyl (C=O) groups is 1. The summed E-state index contributed by atoms with van der Waals surface area (Å²) in [6.45, 7) is 9.92. The lowest BCUT2D eigenvalue weighted by atomic mass is 9.65. The van der Waals surface area contributed by atoms with Crippen molar-refractivity contribution in [3.8, 4) is 0 Å². The molecule has 1 saturated carbocycles. The summed E-state index contributed by atoms with van der Waals surface area (Å²) in [5, 5.41) is 0.689. The van der Waals surface area contributed by atoms with Crippen molar-refractivity contribution in [1.29, 1.82) is 0 Å². The third-order valence-corrected chi connectivity index (χ3v) is 6.00. The van der Waals surface area contributed by atoms with Crippen molar-refractivity contribution >= 4 is 22.6 Å². The number of ether oxygens (including phenoxy) is 1. The summed E-state index contributed by atoms with van der Waals surface area (Å²) >= 11 is 0. The number of pyridine rings is 1. The van der Waals surface area contributed by atoms with E-state index in [0.29, 0.717) is 29.1 Å². The Kier molecular flexibility index (Phi) is 4.17. The Hall–Kier alpha value is -2.17. The van der Waals surface area contributed by atoms with Crippen LogP contribution in [-0.4, -0.2) is 30.1 Å². The van der Waals surface area contributed by atoms with Gasteiger partial charge in [0.1, 0.15) is 11.4 Å². The highest BCUT2D eigenvalue weighted by atomic mass is 19.1. The first-order valence-electron chi connectivity index (χ1n) is 9.73. The zero-order valence-electron chi connectivity index (χ0n) is 16.5. The lowest BCUT2D eigenvalue weighted by Gasteiger charge is -2.39. The summed E-state index contributed by atoms with van der Waals surface area (Å²) < 4.78 is 19.4. The molecule has 144 valence electrons. The summed E-state index contributed by atoms with van der Waals surface area (Å²) in [5.41, 5.74) is 2.37. The van der Waals surface area contributed by atoms with Gasteiger partial charge in [0.25, 0.3) is 0 Å². The van der Waals surface area contributed by atoms with Crippen LogP contribution in [0.3, 0.4) is 0 Å². The van der Waals surface area contributed by atoms with Crippen LogP contribution < -0.4 is 4.90 Å². The summed E-state index contributed by atoms with van der Waals surface area (Å²) in [5.74, 6) is -0.711. The monoisotopic (exact) mass is 370 g/mol. The molecule has 1 aliphatic carbocycles. The van der Waals surface area contributed by atoms with E-state index in [1.54, 1.807) is 19.2 Å². The molecule has 0 amide bonds. The molecule has 2 aromatic rings. The van der Waals surface area contributed by atoms with E-state index in [1.807, 2.05) is 0 Å². The number of carbonyl (C=O) groups excluding carboxylic acids is 1. The molecule has 1 saturated heterocycles. The van der Waals surface area contributed by atoms with Gasteiger partial charge >= 0.3 is 5.97 Å². The average molecular weight is 370 g/mol. The number of aromatic nitrogens is 1. The molecule has 27 heavy (non-hydrogen) atoms. The Bertz CT molecular complexity index is 911. The summed E-state index contributed by atoms with van der Waals surface area (Å²) in [6.07, 6.45) is 4.89. The van der Waals surface area contributed by atoms with Crippen molar-refractivity contribution in [1.82, 2.24) is 4.98 Å². The number of esters is 1. The molecule has 4 rings (SSSR count). The van der Waals surface area contributed by atoms with Crippen molar-refractivity contribution < 1.29 is 13.9 Å². The van der Waals surface area contributed by atoms with Crippen LogP contribution in [0.25, 0.3) is 10.9 Å². The fourth-order valence-electron chi connectivity index (χ4n) is 5.54. The van der Waals surface area contributed by atoms with Gasteiger partial charge in [0.15, 0.2) is 0 Å². The Morgan fingerprint density at radius 1 is 1.33 bits per heavy atom. The normalized spacial score (nSPS) is 26.4. The van der Waals surface area contributed by atoms with Gasteiger partial charge in [-0.05, 0) is 55.2 Å². The minimum absolute atomic E-state index is 0.196. The Morgan fingerprint density at radius 2 is 2.11 bits per heavy atom. The van der Waals surface area contributed by atoms with Crippen LogP contribution in [0, 0.1) is 16.6 Å². The lowest BCUT2D eigenvalue weighted by Crippen LogP contribution is -2.35. The molecule has 0 spiro atoms. The summed E-state index contributed by atoms with van der Waals surface area (Å²) in [7, 11) is 0. The predicted octanol–water partition coefficient (Wildman–Crippen LogP) is 4.96. The molecule has 4 nitrogen and oxygen atoms in total. The van der Waals surface area contributed by atoms with Crippen LogP contribution in [0.5, 0.6) is 0 Å². The van der Waals surface area contributed by atoms with Crippen molar-refractivity contribution in [2.45, 2.75) is 53.0 Å². The first-order chi connectivity index (χ1) is 12.7. The van der Waals surface area contributed by atoms with Gasteiger partial charge in [0.2, 0.25) is 0 Å². The number of benzene rings is 1. The van der Waals surface area contributed by atoms with Crippen molar-refractivity contribution in [2.24, 2.45) is 10.8 Å². The van der Waals surface area contributed by atoms with E-state index < -0.39 is 5.97 Å². The van der Waals surface area contributed by atoms with Crippen molar-refractivity contribution in [2.75, 3.05) is 18.1 Å². The second-order valence-corrected chi connectivity index (χ2v) is 9.24. The molecule has 2 fully saturated rings. The molecule has 0 N–H and O–H groups in total. The largest absolute Gasteiger partial charge is 0.462 e. The van der Waals surface area contributed by atoms with Crippen LogP contribution in [0.4, 0.5) is 10.1 Å². The zero-order chi connectivity index (χ0) is 19.4. The Labute approximate surface area is 159 Å². The van der Waals surface area contributed by atoms with Gasteiger partial charge in [-0.25, -0.2) is 9.18 Å². The third kappa shape index (κ3) is 3.17. The quantitative estimate of drug-likeness (QED) is 0.717. The summed E-state index contributed by atoms with van der Waals surface area (Å²) in [6, 6.07) is 4.92. The molecule has 0 radical (unpaired) electrons. The molecule has 2 heterocycles. The lowest BCUT2D eigenvalue weighted by molar-refractivity contribution is 0.0526. The first-order valence-corrected chi connectivity index (χ1v) is 9.73. The van der Waals surface area contributed by atoms with E-state index >= 15 is 0 Å². The molecular formula is C22H27FN2O2. The third-order valence-electron chi connectivity index (χ3n) is 6.00. The molecular weight excluding hydrogens is 343 g/mol. The van der Waals surface area contributed by atoms with Crippen LogP contribution in [-0.2, 0) is 4.74 Å². The minimum atomic E-state index is -0.392. The van der Waals surface area contributed by atoms with Crippen LogP contribution in [0.2, 0.25) is 0 Å². The smallest absolute Gasteiger partial charge is 0.341 e. The van der Waals surface area contributed by atoms with E-state index in [0.717, 1.165) is 31.5 Å². The summed E-state index contributed by atoms with van der Waals surface area (Å²) in [4.78, 5) is 19.4. The fourth-order valence-corrected chi connectivity index (χ4v) is 5.54. The molecule has 5 heteroatoms. The molecule has 1 aromatic carbocycles. The highest BCUT2D eigenvalue weighted by Gasteiger charge is 2.50. The molecule has 2 bridgehead atoms. The van der Waals surface area contributed by atoms with Gasteiger partial charge < -0.3 is 9.64 Å². The maximum Gasteiger partial charge on any atom is 0.341 e. The number of halogens is 1. The van der Waals surface area contributed by atoms with Crippen LogP contribution >= 0.6 is 0 Å². The minimum Gasteiger partial charge on any atom is -0.462 e. The molecule has 2 unspecified atom stereocenters. The van der Waals surface area contributed by atoms with E-state index in [9.17, 15) is 9.18 Å². The predicted molar refractivity (Wildman–Crippen MR) is 105 cm³/mol. The zero-order valence-corrected chi connectivity index (χ0v) is 16.5. The van der Waals surface area contributed by atoms with Crippen molar-refractivity contribution in [3.63, 3.8) is 0 Å². The molecule has 1 aromatic heterocycles. The fraction of sp³-hybridized carbons (Fsp3) is 0.545. The van der Waals surface area contributed by atoms with Gasteiger partial charge in [-0.15, -0.1) is 0 Å². The van der Waals surface area contributed by atoms with Crippen LogP contribution in [0.1, 0.15) is 57.3 Å². The topological polar surface area (TPSA) is 42.4 Å². The highest BCUT2D eigenvalue weighted by Crippen LogP contribution is 2.54. The van der Waals surface area contributed by atoms with Gasteiger partial charge in [-0.3, -0.25) is 4.98 Å². The van der Waals surface area contributed by atoms with Gasteiger partial charge in [0.05, 0.1) is 17.8 Å². The van der Waals surface area contributed by atoms with E-state index in [2.05, 4.69) is 30.7 Å². The number of hydrogen-bond acceptors (Lipinski definition) is 4. The number of hydrogen-bond donors (Lipinski definition) is 0. The van der Waals surface area contributed by atoms with Gasteiger partial charge in [-0.1, -0.05) is 20.8 Å². The second kappa shape index (κ2) is 6.18. The number of anilines is 1. The first kappa shape index (κ1) is 18.2. The maximum atomic E-state index is 14.1. The van der Waals surface area contributed by atoms with E-state index in [-0.39, 0.29) is 16.6 Å². The maximum absolute atomic E-state index is 14.1. The Morgan fingerprint density at radius 3 is 2.85 bits per heavy atom. The molecule has 2 aliphatic rings. The second-order valence-electron chi connectivity index (χ2n) is 9.24. The Balaban J connectivity index is 1.90. The van der Waals surface area contributed by atoms with Crippen molar-refractivity contribution in [3.05, 3.63) is 35.8 Å². The SMILES string of the molecule is CCOC(=O)c1cnc2ccc(F)cc2c1N1CC2(C)CC1CC(C)(C)C2. The molecule has 2 atom stereocenters. The highest BCUT2D eigenvalue weighted by molar-refractivity contribution is 6.05. The van der Waals surface area contributed by atoms with E-state index in [4.69, 9.17) is 4.74 Å². The van der Waals surface area contributed by atoms with E-state index in [1.165, 1.54) is 12.1 Å². The number of fused-ring (bicyclic) bond motifs is 3. The van der Waals surface area contributed by atoms with Gasteiger partial charge in [-0.2, -0.15) is 0 Å². The van der Waals surface area contributed by atoms with Crippen LogP contribution in [0.15, 0.2) is 24.4 Å². The number of rotatable bonds is 3. The average Bonchev–Trinajstić information content (AvgIpc) is 2.82. The molecule has 1 aliphatic heterocycles. The standard InChI is InChI=1S/C22H27FN2O2/c1-5-27-20(26)17-11-24-18-7-6-14(23)8-16(18)19(17)25-13-22(4)10-15(25)9-21(2,3)12-22/h6-8,11,15H,5,9-10,12-13H2,1-4H3.